The summed E-state index contributed by atoms with van der Waals surface area (Å²) in [5.74, 6) is 1.22. The lowest BCUT2D eigenvalue weighted by molar-refractivity contribution is -0.121. The number of carbonyl (C=O) groups excluding carboxylic acids is 1. The van der Waals surface area contributed by atoms with Crippen LogP contribution in [0.25, 0.3) is 11.4 Å². The molecule has 0 spiro atoms. The van der Waals surface area contributed by atoms with Crippen LogP contribution in [-0.4, -0.2) is 34.0 Å². The lowest BCUT2D eigenvalue weighted by atomic mass is 9.97. The van der Waals surface area contributed by atoms with Gasteiger partial charge in [-0.05, 0) is 38.4 Å². The lowest BCUT2D eigenvalue weighted by Crippen LogP contribution is -2.40. The van der Waals surface area contributed by atoms with Gasteiger partial charge in [0.15, 0.2) is 0 Å². The van der Waals surface area contributed by atoms with Crippen molar-refractivity contribution in [3.05, 3.63) is 66.1 Å². The van der Waals surface area contributed by atoms with Crippen molar-refractivity contribution in [2.75, 3.05) is 18.4 Å². The zero-order valence-electron chi connectivity index (χ0n) is 16.0. The van der Waals surface area contributed by atoms with E-state index in [4.69, 9.17) is 4.52 Å². The standard InChI is InChI=1S/C22H24N4O2/c1-16-9-11-17(12-10-16)21-24-20(28-25-21)15-26-13-5-6-18(14-26)22(27)23-19-7-3-2-4-8-19/h2-4,7-12,18H,5-6,13-15H2,1H3,(H,23,27). The smallest absolute Gasteiger partial charge is 0.241 e. The van der Waals surface area contributed by atoms with E-state index in [-0.39, 0.29) is 11.8 Å². The van der Waals surface area contributed by atoms with Crippen LogP contribution in [0.3, 0.4) is 0 Å². The van der Waals surface area contributed by atoms with E-state index in [0.717, 1.165) is 30.6 Å². The van der Waals surface area contributed by atoms with Crippen LogP contribution in [0.5, 0.6) is 0 Å². The number of likely N-dealkylation sites (tertiary alicyclic amines) is 1. The molecule has 1 N–H and O–H groups in total. The van der Waals surface area contributed by atoms with Crippen LogP contribution in [0.2, 0.25) is 0 Å². The SMILES string of the molecule is Cc1ccc(-c2noc(CN3CCCC(C(=O)Nc4ccccc4)C3)n2)cc1. The topological polar surface area (TPSA) is 71.3 Å². The fraction of sp³-hybridized carbons (Fsp3) is 0.318. The minimum Gasteiger partial charge on any atom is -0.338 e. The van der Waals surface area contributed by atoms with E-state index in [9.17, 15) is 4.79 Å². The Bertz CT molecular complexity index is 921. The van der Waals surface area contributed by atoms with Crippen LogP contribution in [0, 0.1) is 12.8 Å². The molecule has 1 aliphatic rings. The number of aromatic nitrogens is 2. The maximum Gasteiger partial charge on any atom is 0.241 e. The first-order valence-electron chi connectivity index (χ1n) is 9.65. The Morgan fingerprint density at radius 1 is 1.18 bits per heavy atom. The molecule has 3 aromatic rings. The number of nitrogens with zero attached hydrogens (tertiary/aromatic N) is 3. The summed E-state index contributed by atoms with van der Waals surface area (Å²) in [4.78, 5) is 19.3. The molecule has 1 fully saturated rings. The number of nitrogens with one attached hydrogen (secondary N) is 1. The second-order valence-corrected chi connectivity index (χ2v) is 7.31. The summed E-state index contributed by atoms with van der Waals surface area (Å²) in [7, 11) is 0. The zero-order valence-corrected chi connectivity index (χ0v) is 16.0. The second-order valence-electron chi connectivity index (χ2n) is 7.31. The first kappa shape index (κ1) is 18.4. The molecule has 1 atom stereocenters. The largest absolute Gasteiger partial charge is 0.338 e. The third-order valence-corrected chi connectivity index (χ3v) is 5.05. The Kier molecular flexibility index (Phi) is 5.48. The number of anilines is 1. The van der Waals surface area contributed by atoms with Crippen LogP contribution >= 0.6 is 0 Å². The van der Waals surface area contributed by atoms with Crippen molar-refractivity contribution in [1.29, 1.82) is 0 Å². The summed E-state index contributed by atoms with van der Waals surface area (Å²) in [5.41, 5.74) is 2.98. The van der Waals surface area contributed by atoms with Gasteiger partial charge >= 0.3 is 0 Å². The minimum absolute atomic E-state index is 0.0338. The van der Waals surface area contributed by atoms with Gasteiger partial charge in [-0.2, -0.15) is 4.98 Å². The predicted molar refractivity (Wildman–Crippen MR) is 108 cm³/mol. The molecule has 1 aromatic heterocycles. The van der Waals surface area contributed by atoms with E-state index in [1.807, 2.05) is 61.5 Å². The summed E-state index contributed by atoms with van der Waals surface area (Å²) >= 11 is 0. The van der Waals surface area contributed by atoms with E-state index in [1.165, 1.54) is 5.56 Å². The maximum absolute atomic E-state index is 12.6. The molecule has 1 unspecified atom stereocenters. The van der Waals surface area contributed by atoms with Crippen molar-refractivity contribution in [1.82, 2.24) is 15.0 Å². The molecule has 1 amide bonds. The van der Waals surface area contributed by atoms with Crippen LogP contribution in [0.15, 0.2) is 59.1 Å². The Morgan fingerprint density at radius 2 is 1.96 bits per heavy atom. The second kappa shape index (κ2) is 8.35. The van der Waals surface area contributed by atoms with Crippen LogP contribution in [-0.2, 0) is 11.3 Å². The Hall–Kier alpha value is -2.99. The molecule has 0 saturated carbocycles. The van der Waals surface area contributed by atoms with Gasteiger partial charge in [0, 0.05) is 17.8 Å². The summed E-state index contributed by atoms with van der Waals surface area (Å²) < 4.78 is 5.44. The molecule has 144 valence electrons. The quantitative estimate of drug-likeness (QED) is 0.731. The number of para-hydroxylation sites is 1. The minimum atomic E-state index is -0.0338. The molecular weight excluding hydrogens is 352 g/mol. The van der Waals surface area contributed by atoms with Crippen LogP contribution < -0.4 is 5.32 Å². The van der Waals surface area contributed by atoms with Gasteiger partial charge in [0.05, 0.1) is 12.5 Å². The first-order chi connectivity index (χ1) is 13.7. The molecule has 0 bridgehead atoms. The normalized spacial score (nSPS) is 17.4. The van der Waals surface area contributed by atoms with Gasteiger partial charge < -0.3 is 9.84 Å². The molecule has 4 rings (SSSR count). The molecular formula is C22H24N4O2. The van der Waals surface area contributed by atoms with Crippen molar-refractivity contribution in [2.45, 2.75) is 26.3 Å². The lowest BCUT2D eigenvalue weighted by Gasteiger charge is -2.30. The van der Waals surface area contributed by atoms with E-state index in [2.05, 4.69) is 20.4 Å². The zero-order chi connectivity index (χ0) is 19.3. The maximum atomic E-state index is 12.6. The average Bonchev–Trinajstić information content (AvgIpc) is 3.18. The molecule has 6 nitrogen and oxygen atoms in total. The number of hydrogen-bond acceptors (Lipinski definition) is 5. The van der Waals surface area contributed by atoms with E-state index in [0.29, 0.717) is 24.8 Å². The highest BCUT2D eigenvalue weighted by Gasteiger charge is 2.27. The van der Waals surface area contributed by atoms with Crippen molar-refractivity contribution in [3.8, 4) is 11.4 Å². The van der Waals surface area contributed by atoms with Gasteiger partial charge in [-0.15, -0.1) is 0 Å². The van der Waals surface area contributed by atoms with Gasteiger partial charge in [-0.25, -0.2) is 0 Å². The molecule has 1 saturated heterocycles. The molecule has 2 heterocycles. The monoisotopic (exact) mass is 376 g/mol. The highest BCUT2D eigenvalue weighted by atomic mass is 16.5. The number of hydrogen-bond donors (Lipinski definition) is 1. The van der Waals surface area contributed by atoms with E-state index < -0.39 is 0 Å². The number of amides is 1. The number of benzene rings is 2. The third kappa shape index (κ3) is 4.46. The fourth-order valence-electron chi connectivity index (χ4n) is 3.51. The van der Waals surface area contributed by atoms with Crippen LogP contribution in [0.1, 0.15) is 24.3 Å². The summed E-state index contributed by atoms with van der Waals surface area (Å²) in [6.07, 6.45) is 1.87. The Labute approximate surface area is 164 Å². The van der Waals surface area contributed by atoms with Crippen molar-refractivity contribution >= 4 is 11.6 Å². The number of carbonyl (C=O) groups is 1. The first-order valence-corrected chi connectivity index (χ1v) is 9.65. The highest BCUT2D eigenvalue weighted by molar-refractivity contribution is 5.92. The van der Waals surface area contributed by atoms with Gasteiger partial charge in [-0.3, -0.25) is 9.69 Å². The highest BCUT2D eigenvalue weighted by Crippen LogP contribution is 2.21. The molecule has 1 aliphatic heterocycles. The van der Waals surface area contributed by atoms with E-state index >= 15 is 0 Å². The van der Waals surface area contributed by atoms with Gasteiger partial charge in [0.2, 0.25) is 17.6 Å². The third-order valence-electron chi connectivity index (χ3n) is 5.05. The fourth-order valence-corrected chi connectivity index (χ4v) is 3.51. The summed E-state index contributed by atoms with van der Waals surface area (Å²) in [6.45, 7) is 4.23. The van der Waals surface area contributed by atoms with Crippen LogP contribution in [0.4, 0.5) is 5.69 Å². The van der Waals surface area contributed by atoms with Gasteiger partial charge in [0.1, 0.15) is 0 Å². The van der Waals surface area contributed by atoms with Crippen molar-refractivity contribution in [3.63, 3.8) is 0 Å². The molecule has 6 heteroatoms. The van der Waals surface area contributed by atoms with E-state index in [1.54, 1.807) is 0 Å². The molecule has 28 heavy (non-hydrogen) atoms. The van der Waals surface area contributed by atoms with Crippen molar-refractivity contribution < 1.29 is 9.32 Å². The number of rotatable bonds is 5. The summed E-state index contributed by atoms with van der Waals surface area (Å²) in [6, 6.07) is 17.6. The number of aryl methyl sites for hydroxylation is 1. The summed E-state index contributed by atoms with van der Waals surface area (Å²) in [5, 5.41) is 7.11. The average molecular weight is 376 g/mol. The Balaban J connectivity index is 1.36. The Morgan fingerprint density at radius 3 is 2.75 bits per heavy atom. The van der Waals surface area contributed by atoms with Gasteiger partial charge in [0.25, 0.3) is 0 Å². The molecule has 0 radical (unpaired) electrons. The number of piperidine rings is 1. The molecule has 0 aliphatic carbocycles. The predicted octanol–water partition coefficient (Wildman–Crippen LogP) is 3.90. The molecule has 2 aromatic carbocycles. The van der Waals surface area contributed by atoms with Crippen molar-refractivity contribution in [2.24, 2.45) is 5.92 Å². The van der Waals surface area contributed by atoms with Gasteiger partial charge in [-0.1, -0.05) is 53.2 Å².